The van der Waals surface area contributed by atoms with Gasteiger partial charge in [-0.3, -0.25) is 4.90 Å². The van der Waals surface area contributed by atoms with Gasteiger partial charge in [-0.15, -0.1) is 0 Å². The lowest BCUT2D eigenvalue weighted by atomic mass is 9.72. The second kappa shape index (κ2) is 10.3. The van der Waals surface area contributed by atoms with Crippen LogP contribution in [0.3, 0.4) is 0 Å². The Hall–Kier alpha value is -2.33. The van der Waals surface area contributed by atoms with Crippen LogP contribution in [-0.2, 0) is 0 Å². The van der Waals surface area contributed by atoms with Gasteiger partial charge < -0.3 is 10.0 Å². The monoisotopic (exact) mass is 446 g/mol. The molecular formula is C29H38N2O2. The van der Waals surface area contributed by atoms with E-state index in [4.69, 9.17) is 5.11 Å². The van der Waals surface area contributed by atoms with Crippen molar-refractivity contribution in [2.45, 2.75) is 63.8 Å². The van der Waals surface area contributed by atoms with E-state index in [2.05, 4.69) is 34.1 Å². The van der Waals surface area contributed by atoms with Gasteiger partial charge in [0.1, 0.15) is 0 Å². The van der Waals surface area contributed by atoms with Crippen molar-refractivity contribution in [3.63, 3.8) is 0 Å². The molecule has 1 N–H and O–H groups in total. The van der Waals surface area contributed by atoms with Gasteiger partial charge in [0.15, 0.2) is 0 Å². The summed E-state index contributed by atoms with van der Waals surface area (Å²) in [7, 11) is 0. The Morgan fingerprint density at radius 2 is 1.21 bits per heavy atom. The van der Waals surface area contributed by atoms with Crippen molar-refractivity contribution in [1.82, 2.24) is 4.90 Å². The van der Waals surface area contributed by atoms with Gasteiger partial charge >= 0.3 is 5.97 Å². The lowest BCUT2D eigenvalue weighted by Gasteiger charge is -2.44. The summed E-state index contributed by atoms with van der Waals surface area (Å²) in [5.41, 5.74) is 3.81. The molecular weight excluding hydrogens is 408 g/mol. The lowest BCUT2D eigenvalue weighted by molar-refractivity contribution is 0.0697. The number of aromatic carboxylic acids is 1. The van der Waals surface area contributed by atoms with Gasteiger partial charge in [0.2, 0.25) is 0 Å². The van der Waals surface area contributed by atoms with Crippen molar-refractivity contribution in [1.29, 1.82) is 0 Å². The molecule has 2 saturated carbocycles. The maximum atomic E-state index is 11.1. The second-order valence-corrected chi connectivity index (χ2v) is 10.4. The van der Waals surface area contributed by atoms with Crippen LogP contribution in [0.1, 0.15) is 68.1 Å². The van der Waals surface area contributed by atoms with Crippen LogP contribution in [0.4, 0.5) is 5.69 Å². The number of anilines is 1. The zero-order chi connectivity index (χ0) is 22.6. The smallest absolute Gasteiger partial charge is 0.335 e. The van der Waals surface area contributed by atoms with Crippen LogP contribution in [0, 0.1) is 11.8 Å². The molecule has 0 amide bonds. The number of hydrogen-bond donors (Lipinski definition) is 1. The quantitative estimate of drug-likeness (QED) is 0.584. The molecule has 0 radical (unpaired) electrons. The van der Waals surface area contributed by atoms with Gasteiger partial charge in [0, 0.05) is 37.9 Å². The molecule has 2 aromatic carbocycles. The van der Waals surface area contributed by atoms with E-state index in [0.717, 1.165) is 42.1 Å². The average molecular weight is 447 g/mol. The minimum absolute atomic E-state index is 0.329. The summed E-state index contributed by atoms with van der Waals surface area (Å²) < 4.78 is 0. The second-order valence-electron chi connectivity index (χ2n) is 10.4. The van der Waals surface area contributed by atoms with E-state index < -0.39 is 5.97 Å². The number of carbonyl (C=O) groups is 1. The van der Waals surface area contributed by atoms with E-state index in [1.165, 1.54) is 76.6 Å². The van der Waals surface area contributed by atoms with E-state index in [9.17, 15) is 4.79 Å². The molecule has 33 heavy (non-hydrogen) atoms. The zero-order valence-electron chi connectivity index (χ0n) is 19.8. The molecule has 1 heterocycles. The standard InChI is InChI=1S/C29H38N2O2/c32-29(33)26-8-6-23(7-9-26)25-12-16-28(17-13-25)31-20-18-30(19-21-31)27-14-10-24(11-15-27)22-4-2-1-3-5-22/h6-9,12-13,16-17,22,24,27H,1-5,10-11,14-15,18-21H2,(H,32,33). The van der Waals surface area contributed by atoms with Crippen molar-refractivity contribution < 1.29 is 9.90 Å². The molecule has 0 atom stereocenters. The molecule has 0 spiro atoms. The van der Waals surface area contributed by atoms with E-state index in [-0.39, 0.29) is 0 Å². The Morgan fingerprint density at radius 1 is 0.667 bits per heavy atom. The Labute approximate surface area is 198 Å². The molecule has 3 fully saturated rings. The minimum Gasteiger partial charge on any atom is -0.478 e. The molecule has 4 heteroatoms. The predicted molar refractivity (Wildman–Crippen MR) is 135 cm³/mol. The van der Waals surface area contributed by atoms with Gasteiger partial charge in [-0.2, -0.15) is 0 Å². The Kier molecular flexibility index (Phi) is 7.01. The topological polar surface area (TPSA) is 43.8 Å². The van der Waals surface area contributed by atoms with Crippen molar-refractivity contribution >= 4 is 11.7 Å². The third-order valence-corrected chi connectivity index (χ3v) is 8.59. The highest BCUT2D eigenvalue weighted by Crippen LogP contribution is 2.39. The highest BCUT2D eigenvalue weighted by Gasteiger charge is 2.32. The molecule has 0 aromatic heterocycles. The number of hydrogen-bond acceptors (Lipinski definition) is 3. The first-order valence-electron chi connectivity index (χ1n) is 13.1. The molecule has 0 unspecified atom stereocenters. The van der Waals surface area contributed by atoms with Crippen molar-refractivity contribution in [2.24, 2.45) is 11.8 Å². The summed E-state index contributed by atoms with van der Waals surface area (Å²) in [4.78, 5) is 16.3. The number of piperazine rings is 1. The summed E-state index contributed by atoms with van der Waals surface area (Å²) in [6.45, 7) is 4.57. The molecule has 1 saturated heterocycles. The summed E-state index contributed by atoms with van der Waals surface area (Å²) in [6.07, 6.45) is 13.2. The average Bonchev–Trinajstić information content (AvgIpc) is 2.90. The number of carboxylic acid groups (broad SMARTS) is 1. The van der Waals surface area contributed by atoms with Gasteiger partial charge in [-0.05, 0) is 72.9 Å². The highest BCUT2D eigenvalue weighted by atomic mass is 16.4. The van der Waals surface area contributed by atoms with E-state index in [1.807, 2.05) is 12.1 Å². The summed E-state index contributed by atoms with van der Waals surface area (Å²) >= 11 is 0. The van der Waals surface area contributed by atoms with Crippen LogP contribution in [0.25, 0.3) is 11.1 Å². The van der Waals surface area contributed by atoms with Gasteiger partial charge in [-0.1, -0.05) is 56.4 Å². The molecule has 2 aliphatic carbocycles. The molecule has 4 nitrogen and oxygen atoms in total. The first kappa shape index (κ1) is 22.5. The van der Waals surface area contributed by atoms with E-state index in [1.54, 1.807) is 12.1 Å². The summed E-state index contributed by atoms with van der Waals surface area (Å²) in [6, 6.07) is 16.7. The van der Waals surface area contributed by atoms with Gasteiger partial charge in [0.05, 0.1) is 5.56 Å². The van der Waals surface area contributed by atoms with Crippen LogP contribution in [0.2, 0.25) is 0 Å². The fraction of sp³-hybridized carbons (Fsp3) is 0.552. The van der Waals surface area contributed by atoms with Gasteiger partial charge in [-0.25, -0.2) is 4.79 Å². The predicted octanol–water partition coefficient (Wildman–Crippen LogP) is 6.31. The Morgan fingerprint density at radius 3 is 1.79 bits per heavy atom. The lowest BCUT2D eigenvalue weighted by Crippen LogP contribution is -2.51. The number of benzene rings is 2. The molecule has 2 aromatic rings. The Bertz CT molecular complexity index is 902. The van der Waals surface area contributed by atoms with E-state index >= 15 is 0 Å². The molecule has 5 rings (SSSR count). The third-order valence-electron chi connectivity index (χ3n) is 8.59. The fourth-order valence-corrected chi connectivity index (χ4v) is 6.56. The normalized spacial score (nSPS) is 25.2. The highest BCUT2D eigenvalue weighted by molar-refractivity contribution is 5.88. The molecule has 0 bridgehead atoms. The van der Waals surface area contributed by atoms with E-state index in [0.29, 0.717) is 5.56 Å². The maximum Gasteiger partial charge on any atom is 0.335 e. The van der Waals surface area contributed by atoms with Crippen LogP contribution in [-0.4, -0.2) is 48.2 Å². The van der Waals surface area contributed by atoms with Crippen LogP contribution in [0.5, 0.6) is 0 Å². The maximum absolute atomic E-state index is 11.1. The Balaban J connectivity index is 1.11. The zero-order valence-corrected chi connectivity index (χ0v) is 19.8. The largest absolute Gasteiger partial charge is 0.478 e. The first-order valence-corrected chi connectivity index (χ1v) is 13.1. The molecule has 176 valence electrons. The van der Waals surface area contributed by atoms with Gasteiger partial charge in [0.25, 0.3) is 0 Å². The van der Waals surface area contributed by atoms with Crippen molar-refractivity contribution in [2.75, 3.05) is 31.1 Å². The SMILES string of the molecule is O=C(O)c1ccc(-c2ccc(N3CCN(C4CCC(C5CCCCC5)CC4)CC3)cc2)cc1. The molecule has 3 aliphatic rings. The minimum atomic E-state index is -0.881. The summed E-state index contributed by atoms with van der Waals surface area (Å²) in [5.74, 6) is 1.17. The molecule has 1 aliphatic heterocycles. The van der Waals surface area contributed by atoms with Crippen LogP contribution >= 0.6 is 0 Å². The number of carboxylic acids is 1. The van der Waals surface area contributed by atoms with Crippen LogP contribution in [0.15, 0.2) is 48.5 Å². The van der Waals surface area contributed by atoms with Crippen molar-refractivity contribution in [3.8, 4) is 11.1 Å². The number of rotatable bonds is 5. The summed E-state index contributed by atoms with van der Waals surface area (Å²) in [5, 5.41) is 9.09. The van der Waals surface area contributed by atoms with Crippen molar-refractivity contribution in [3.05, 3.63) is 54.1 Å². The first-order chi connectivity index (χ1) is 16.2. The van der Waals surface area contributed by atoms with Crippen LogP contribution < -0.4 is 4.90 Å². The third kappa shape index (κ3) is 5.27. The fourth-order valence-electron chi connectivity index (χ4n) is 6.56. The number of nitrogens with zero attached hydrogens (tertiary/aromatic N) is 2.